The third-order valence-electron chi connectivity index (χ3n) is 9.22. The molecule has 0 aromatic rings. The van der Waals surface area contributed by atoms with Gasteiger partial charge in [0.15, 0.2) is 23.7 Å². The van der Waals surface area contributed by atoms with Gasteiger partial charge in [-0.25, -0.2) is 4.39 Å². The molecule has 196 valence electrons. The minimum Gasteiger partial charge on any atom is -0.459 e. The Labute approximate surface area is 209 Å². The van der Waals surface area contributed by atoms with Crippen LogP contribution in [-0.2, 0) is 38.2 Å². The minimum absolute atomic E-state index is 0.0754. The number of fused-ring (bicyclic) bond motifs is 5. The van der Waals surface area contributed by atoms with Crippen LogP contribution in [-0.4, -0.2) is 53.5 Å². The molecule has 0 unspecified atom stereocenters. The molecule has 0 aromatic carbocycles. The fourth-order valence-corrected chi connectivity index (χ4v) is 7.70. The molecule has 4 aliphatic rings. The first kappa shape index (κ1) is 26.2. The predicted octanol–water partition coefficient (Wildman–Crippen LogP) is 3.36. The third kappa shape index (κ3) is 3.57. The molecule has 0 heterocycles. The highest BCUT2D eigenvalue weighted by Crippen LogP contribution is 2.70. The van der Waals surface area contributed by atoms with Crippen LogP contribution in [0.25, 0.3) is 0 Å². The van der Waals surface area contributed by atoms with Crippen molar-refractivity contribution < 1.29 is 42.6 Å². The molecule has 7 atom stereocenters. The second-order valence-electron chi connectivity index (χ2n) is 11.0. The maximum atomic E-state index is 17.7. The van der Waals surface area contributed by atoms with Gasteiger partial charge in [-0.3, -0.25) is 24.0 Å². The number of esters is 3. The fraction of sp³-hybridized carbons (Fsp3) is 0.667. The van der Waals surface area contributed by atoms with Gasteiger partial charge in [0, 0.05) is 37.5 Å². The lowest BCUT2D eigenvalue weighted by Crippen LogP contribution is -2.70. The van der Waals surface area contributed by atoms with E-state index in [1.807, 2.05) is 0 Å². The van der Waals surface area contributed by atoms with E-state index in [1.165, 1.54) is 32.9 Å². The number of hydrogen-bond donors (Lipinski definition) is 0. The van der Waals surface area contributed by atoms with Crippen molar-refractivity contribution in [2.75, 3.05) is 6.61 Å². The average molecular weight is 505 g/mol. The average Bonchev–Trinajstić information content (AvgIpc) is 3.05. The van der Waals surface area contributed by atoms with Crippen molar-refractivity contribution in [3.05, 3.63) is 23.8 Å². The molecule has 0 aromatic heterocycles. The molecule has 0 radical (unpaired) electrons. The number of hydrogen-bond acceptors (Lipinski definition) is 8. The lowest BCUT2D eigenvalue weighted by Gasteiger charge is -2.63. The smallest absolute Gasteiger partial charge is 0.303 e. The van der Waals surface area contributed by atoms with E-state index in [4.69, 9.17) is 14.2 Å². The molecule has 36 heavy (non-hydrogen) atoms. The van der Waals surface area contributed by atoms with Crippen LogP contribution >= 0.6 is 0 Å². The van der Waals surface area contributed by atoms with Crippen molar-refractivity contribution >= 4 is 29.5 Å². The summed E-state index contributed by atoms with van der Waals surface area (Å²) in [7, 11) is 0. The number of rotatable bonds is 5. The van der Waals surface area contributed by atoms with Gasteiger partial charge < -0.3 is 14.2 Å². The van der Waals surface area contributed by atoms with E-state index in [1.54, 1.807) is 19.9 Å². The molecule has 3 fully saturated rings. The third-order valence-corrected chi connectivity index (χ3v) is 9.22. The number of allylic oxidation sites excluding steroid dienone is 4. The molecule has 4 rings (SSSR count). The normalized spacial score (nSPS) is 40.8. The van der Waals surface area contributed by atoms with Crippen molar-refractivity contribution in [2.24, 2.45) is 22.7 Å². The Hall–Kier alpha value is -2.84. The van der Waals surface area contributed by atoms with E-state index in [0.717, 1.165) is 0 Å². The number of carbonyl (C=O) groups is 5. The zero-order valence-electron chi connectivity index (χ0n) is 21.4. The lowest BCUT2D eigenvalue weighted by molar-refractivity contribution is -0.233. The van der Waals surface area contributed by atoms with Crippen molar-refractivity contribution in [2.45, 2.75) is 84.1 Å². The Morgan fingerprint density at radius 3 is 2.33 bits per heavy atom. The van der Waals surface area contributed by atoms with E-state index in [2.05, 4.69) is 0 Å². The van der Waals surface area contributed by atoms with Crippen LogP contribution in [0.5, 0.6) is 0 Å². The molecule has 3 saturated carbocycles. The summed E-state index contributed by atoms with van der Waals surface area (Å²) in [4.78, 5) is 61.5. The molecular weight excluding hydrogens is 471 g/mol. The molecule has 4 aliphatic carbocycles. The summed E-state index contributed by atoms with van der Waals surface area (Å²) in [5, 5.41) is 0. The van der Waals surface area contributed by atoms with Crippen LogP contribution in [0.15, 0.2) is 23.8 Å². The molecular formula is C27H33FO8. The highest BCUT2D eigenvalue weighted by molar-refractivity contribution is 6.01. The van der Waals surface area contributed by atoms with Crippen LogP contribution < -0.4 is 0 Å². The van der Waals surface area contributed by atoms with Gasteiger partial charge in [0.05, 0.1) is 0 Å². The van der Waals surface area contributed by atoms with Gasteiger partial charge in [0.25, 0.3) is 0 Å². The van der Waals surface area contributed by atoms with Crippen LogP contribution in [0.1, 0.15) is 66.7 Å². The molecule has 0 bridgehead atoms. The topological polar surface area (TPSA) is 113 Å². The number of ether oxygens (including phenoxy) is 3. The highest BCUT2D eigenvalue weighted by atomic mass is 19.1. The number of halogens is 1. The highest BCUT2D eigenvalue weighted by Gasteiger charge is 2.76. The van der Waals surface area contributed by atoms with Crippen molar-refractivity contribution in [1.82, 2.24) is 0 Å². The zero-order valence-corrected chi connectivity index (χ0v) is 21.4. The van der Waals surface area contributed by atoms with Crippen LogP contribution in [0, 0.1) is 22.7 Å². The summed E-state index contributed by atoms with van der Waals surface area (Å²) in [5.74, 6) is -3.81. The van der Waals surface area contributed by atoms with Gasteiger partial charge in [-0.15, -0.1) is 0 Å². The first-order valence-corrected chi connectivity index (χ1v) is 12.4. The van der Waals surface area contributed by atoms with Gasteiger partial charge in [-0.1, -0.05) is 18.6 Å². The fourth-order valence-electron chi connectivity index (χ4n) is 7.70. The second-order valence-corrected chi connectivity index (χ2v) is 11.0. The molecule has 0 spiro atoms. The van der Waals surface area contributed by atoms with Gasteiger partial charge in [0.1, 0.15) is 6.10 Å². The summed E-state index contributed by atoms with van der Waals surface area (Å²) >= 11 is 0. The Kier molecular flexibility index (Phi) is 6.29. The second kappa shape index (κ2) is 8.63. The molecule has 0 N–H and O–H groups in total. The predicted molar refractivity (Wildman–Crippen MR) is 124 cm³/mol. The largest absolute Gasteiger partial charge is 0.459 e. The Bertz CT molecular complexity index is 1090. The summed E-state index contributed by atoms with van der Waals surface area (Å²) in [5.41, 5.74) is -5.31. The molecule has 8 nitrogen and oxygen atoms in total. The molecule has 0 amide bonds. The van der Waals surface area contributed by atoms with E-state index in [9.17, 15) is 24.0 Å². The van der Waals surface area contributed by atoms with Crippen molar-refractivity contribution in [1.29, 1.82) is 0 Å². The van der Waals surface area contributed by atoms with Gasteiger partial charge >= 0.3 is 17.9 Å². The van der Waals surface area contributed by atoms with Crippen molar-refractivity contribution in [3.63, 3.8) is 0 Å². The van der Waals surface area contributed by atoms with Gasteiger partial charge in [0.2, 0.25) is 5.78 Å². The summed E-state index contributed by atoms with van der Waals surface area (Å²) in [6, 6.07) is 0. The van der Waals surface area contributed by atoms with Crippen LogP contribution in [0.2, 0.25) is 0 Å². The van der Waals surface area contributed by atoms with E-state index in [0.29, 0.717) is 24.8 Å². The Balaban J connectivity index is 1.85. The van der Waals surface area contributed by atoms with E-state index < -0.39 is 64.4 Å². The number of ketones is 2. The Morgan fingerprint density at radius 1 is 1.03 bits per heavy atom. The number of alkyl halides is 1. The SMILES string of the molecule is CC(=O)OCC(=O)[C@@]1(OC(C)=O)CC[C@@H]2[C@H]3CCC4=CC(=O)C=C[C@]4(C)[C@@]3(F)[C@H](OC(C)=O)C[C@@]21C. The first-order chi connectivity index (χ1) is 16.7. The molecule has 0 saturated heterocycles. The number of carbonyl (C=O) groups excluding carboxylic acids is 5. The first-order valence-electron chi connectivity index (χ1n) is 12.4. The molecule has 9 heteroatoms. The monoisotopic (exact) mass is 504 g/mol. The van der Waals surface area contributed by atoms with Gasteiger partial charge in [-0.2, -0.15) is 0 Å². The standard InChI is InChI=1S/C27H33FO8/c1-15(29)34-14-22(33)26(36-17(3)31)11-9-20-21-7-6-18-12-19(32)8-10-24(18,4)27(21,28)23(35-16(2)30)13-25(20,26)5/h8,10,12,20-21,23H,6-7,9,11,13-14H2,1-5H3/t20-,21-,23-,24+,25+,26+,27+/m1/s1. The quantitative estimate of drug-likeness (QED) is 0.414. The zero-order chi connectivity index (χ0) is 26.7. The summed E-state index contributed by atoms with van der Waals surface area (Å²) in [6.45, 7) is 6.51. The number of Topliss-reactive ketones (excluding diaryl/α,β-unsaturated/α-hetero) is 1. The van der Waals surface area contributed by atoms with Crippen LogP contribution in [0.4, 0.5) is 4.39 Å². The molecule has 0 aliphatic heterocycles. The van der Waals surface area contributed by atoms with E-state index in [-0.39, 0.29) is 24.5 Å². The van der Waals surface area contributed by atoms with Crippen LogP contribution in [0.3, 0.4) is 0 Å². The summed E-state index contributed by atoms with van der Waals surface area (Å²) in [6.07, 6.45) is 4.46. The summed E-state index contributed by atoms with van der Waals surface area (Å²) < 4.78 is 34.1. The minimum atomic E-state index is -2.05. The maximum Gasteiger partial charge on any atom is 0.303 e. The maximum absolute atomic E-state index is 17.7. The Morgan fingerprint density at radius 2 is 1.72 bits per heavy atom. The van der Waals surface area contributed by atoms with Gasteiger partial charge in [-0.05, 0) is 57.1 Å². The van der Waals surface area contributed by atoms with Crippen molar-refractivity contribution in [3.8, 4) is 0 Å². The lowest BCUT2D eigenvalue weighted by atomic mass is 9.44. The van der Waals surface area contributed by atoms with E-state index >= 15 is 4.39 Å².